The molecule has 6 nitrogen and oxygen atoms in total. The Kier molecular flexibility index (Phi) is 4.39. The number of aromatic nitrogens is 2. The number of hydrogen-bond donors (Lipinski definition) is 1. The fraction of sp³-hybridized carbons (Fsp3) is 0.227. The molecule has 0 spiro atoms. The molecule has 0 unspecified atom stereocenters. The van der Waals surface area contributed by atoms with Gasteiger partial charge < -0.3 is 14.6 Å². The van der Waals surface area contributed by atoms with Gasteiger partial charge in [0.15, 0.2) is 5.17 Å². The Bertz CT molecular complexity index is 1090. The van der Waals surface area contributed by atoms with E-state index in [1.807, 2.05) is 36.5 Å². The van der Waals surface area contributed by atoms with E-state index < -0.39 is 5.97 Å². The minimum atomic E-state index is -0.928. The summed E-state index contributed by atoms with van der Waals surface area (Å²) in [6.07, 6.45) is 3.79. The van der Waals surface area contributed by atoms with Gasteiger partial charge in [-0.15, -0.1) is 0 Å². The Balaban J connectivity index is 1.60. The summed E-state index contributed by atoms with van der Waals surface area (Å²) in [5.74, 6) is -0.928. The van der Waals surface area contributed by atoms with Crippen LogP contribution in [0.3, 0.4) is 0 Å². The molecule has 0 saturated carbocycles. The standard InChI is InChI=1S/C22H20N4O2S/c1-14-13-26-20(19(24-22(26)29-14)17-8-2-3-10-23-17)18-9-5-11-25(18)16-7-4-6-15(12-16)21(27)28/h2-12,14,19-20H,13H2,1H3,(H,27,28)/t14-,19-,20-/m0/s1. The maximum absolute atomic E-state index is 11.4. The summed E-state index contributed by atoms with van der Waals surface area (Å²) in [7, 11) is 0. The zero-order valence-electron chi connectivity index (χ0n) is 15.8. The molecule has 2 aliphatic heterocycles. The van der Waals surface area contributed by atoms with Crippen LogP contribution in [0.5, 0.6) is 0 Å². The average molecular weight is 404 g/mol. The number of hydrogen-bond acceptors (Lipinski definition) is 5. The van der Waals surface area contributed by atoms with Gasteiger partial charge in [-0.2, -0.15) is 0 Å². The van der Waals surface area contributed by atoms with Gasteiger partial charge in [-0.1, -0.05) is 30.8 Å². The van der Waals surface area contributed by atoms with Crippen LogP contribution in [-0.2, 0) is 0 Å². The second kappa shape index (κ2) is 7.08. The summed E-state index contributed by atoms with van der Waals surface area (Å²) in [6.45, 7) is 3.14. The van der Waals surface area contributed by atoms with Gasteiger partial charge in [-0.05, 0) is 42.5 Å². The molecule has 3 atom stereocenters. The number of nitrogens with zero attached hydrogens (tertiary/aromatic N) is 4. The van der Waals surface area contributed by atoms with E-state index in [0.29, 0.717) is 5.25 Å². The fourth-order valence-corrected chi connectivity index (χ4v) is 5.19. The van der Waals surface area contributed by atoms with Crippen molar-refractivity contribution in [2.75, 3.05) is 6.54 Å². The molecule has 1 fully saturated rings. The van der Waals surface area contributed by atoms with E-state index in [1.54, 1.807) is 36.2 Å². The maximum atomic E-state index is 11.4. The molecule has 3 aromatic rings. The van der Waals surface area contributed by atoms with Crippen LogP contribution < -0.4 is 0 Å². The molecule has 0 radical (unpaired) electrons. The molecular formula is C22H20N4O2S. The predicted molar refractivity (Wildman–Crippen MR) is 114 cm³/mol. The van der Waals surface area contributed by atoms with Crippen LogP contribution in [-0.4, -0.2) is 42.5 Å². The average Bonchev–Trinajstić information content (AvgIpc) is 3.42. The molecule has 0 aliphatic carbocycles. The highest BCUT2D eigenvalue weighted by atomic mass is 32.2. The lowest BCUT2D eigenvalue weighted by Gasteiger charge is -2.28. The molecule has 0 amide bonds. The SMILES string of the molecule is C[C@H]1CN2C(=N[C@@H](c3ccccn3)[C@@H]2c2cccn2-c2cccc(C(=O)O)c2)S1. The molecule has 146 valence electrons. The Morgan fingerprint density at radius 2 is 2.07 bits per heavy atom. The number of carboxylic acids is 1. The number of carbonyl (C=O) groups is 1. The normalized spacial score (nSPS) is 23.1. The summed E-state index contributed by atoms with van der Waals surface area (Å²) in [5, 5.41) is 10.9. The number of aliphatic imine (C=N–C) groups is 1. The first-order valence-electron chi connectivity index (χ1n) is 9.55. The number of fused-ring (bicyclic) bond motifs is 1. The lowest BCUT2D eigenvalue weighted by molar-refractivity contribution is 0.0697. The molecule has 0 bridgehead atoms. The summed E-state index contributed by atoms with van der Waals surface area (Å²) >= 11 is 1.80. The van der Waals surface area contributed by atoms with Crippen molar-refractivity contribution in [3.05, 3.63) is 83.9 Å². The highest BCUT2D eigenvalue weighted by Gasteiger charge is 2.44. The first-order chi connectivity index (χ1) is 14.1. The second-order valence-electron chi connectivity index (χ2n) is 7.30. The van der Waals surface area contributed by atoms with E-state index in [4.69, 9.17) is 4.99 Å². The van der Waals surface area contributed by atoms with E-state index >= 15 is 0 Å². The minimum Gasteiger partial charge on any atom is -0.478 e. The first-order valence-corrected chi connectivity index (χ1v) is 10.4. The molecule has 1 aromatic carbocycles. The van der Waals surface area contributed by atoms with E-state index in [2.05, 4.69) is 27.4 Å². The Labute approximate surface area is 172 Å². The Hall–Kier alpha value is -3.06. The highest BCUT2D eigenvalue weighted by Crippen LogP contribution is 2.47. The molecule has 1 saturated heterocycles. The van der Waals surface area contributed by atoms with E-state index in [9.17, 15) is 9.90 Å². The molecule has 5 rings (SSSR count). The van der Waals surface area contributed by atoms with Crippen LogP contribution in [0, 0.1) is 0 Å². The largest absolute Gasteiger partial charge is 0.478 e. The van der Waals surface area contributed by atoms with Crippen molar-refractivity contribution in [3.8, 4) is 5.69 Å². The number of rotatable bonds is 4. The highest BCUT2D eigenvalue weighted by molar-refractivity contribution is 8.14. The monoisotopic (exact) mass is 404 g/mol. The lowest BCUT2D eigenvalue weighted by Crippen LogP contribution is -2.30. The number of benzene rings is 1. The minimum absolute atomic E-state index is 0.0147. The molecule has 2 aliphatic rings. The van der Waals surface area contributed by atoms with Crippen molar-refractivity contribution in [1.82, 2.24) is 14.5 Å². The topological polar surface area (TPSA) is 70.7 Å². The van der Waals surface area contributed by atoms with Crippen LogP contribution >= 0.6 is 11.8 Å². The van der Waals surface area contributed by atoms with E-state index in [1.165, 1.54) is 0 Å². The van der Waals surface area contributed by atoms with Crippen LogP contribution in [0.15, 0.2) is 72.0 Å². The van der Waals surface area contributed by atoms with Crippen molar-refractivity contribution >= 4 is 22.9 Å². The van der Waals surface area contributed by atoms with Gasteiger partial charge in [-0.3, -0.25) is 9.98 Å². The molecule has 2 aromatic heterocycles. The predicted octanol–water partition coefficient (Wildman–Crippen LogP) is 4.16. The van der Waals surface area contributed by atoms with Crippen molar-refractivity contribution in [3.63, 3.8) is 0 Å². The van der Waals surface area contributed by atoms with Crippen LogP contribution in [0.1, 0.15) is 40.8 Å². The summed E-state index contributed by atoms with van der Waals surface area (Å²) in [4.78, 5) is 23.4. The number of carboxylic acid groups (broad SMARTS) is 1. The summed E-state index contributed by atoms with van der Waals surface area (Å²) in [6, 6.07) is 17.0. The zero-order chi connectivity index (χ0) is 20.0. The third kappa shape index (κ3) is 3.11. The van der Waals surface area contributed by atoms with Gasteiger partial charge in [0.2, 0.25) is 0 Å². The Morgan fingerprint density at radius 3 is 2.86 bits per heavy atom. The molecule has 4 heterocycles. The van der Waals surface area contributed by atoms with Crippen LogP contribution in [0.25, 0.3) is 5.69 Å². The van der Waals surface area contributed by atoms with Crippen molar-refractivity contribution in [1.29, 1.82) is 0 Å². The van der Waals surface area contributed by atoms with Gasteiger partial charge >= 0.3 is 5.97 Å². The van der Waals surface area contributed by atoms with E-state index in [-0.39, 0.29) is 17.6 Å². The summed E-state index contributed by atoms with van der Waals surface area (Å²) < 4.78 is 2.07. The molecule has 29 heavy (non-hydrogen) atoms. The Morgan fingerprint density at radius 1 is 1.17 bits per heavy atom. The van der Waals surface area contributed by atoms with Crippen molar-refractivity contribution in [2.45, 2.75) is 24.3 Å². The van der Waals surface area contributed by atoms with Crippen LogP contribution in [0.4, 0.5) is 0 Å². The van der Waals surface area contributed by atoms with Crippen molar-refractivity contribution in [2.24, 2.45) is 4.99 Å². The van der Waals surface area contributed by atoms with Gasteiger partial charge in [0.1, 0.15) is 6.04 Å². The van der Waals surface area contributed by atoms with Crippen LogP contribution in [0.2, 0.25) is 0 Å². The fourth-order valence-electron chi connectivity index (χ4n) is 4.10. The number of pyridine rings is 1. The van der Waals surface area contributed by atoms with Gasteiger partial charge in [-0.25, -0.2) is 4.79 Å². The third-order valence-corrected chi connectivity index (χ3v) is 6.44. The number of thioether (sulfide) groups is 1. The van der Waals surface area contributed by atoms with Gasteiger partial charge in [0.05, 0.1) is 17.3 Å². The third-order valence-electron chi connectivity index (χ3n) is 5.34. The van der Waals surface area contributed by atoms with E-state index in [0.717, 1.165) is 28.8 Å². The van der Waals surface area contributed by atoms with Crippen molar-refractivity contribution < 1.29 is 9.90 Å². The molecule has 7 heteroatoms. The van der Waals surface area contributed by atoms with Gasteiger partial charge in [0.25, 0.3) is 0 Å². The maximum Gasteiger partial charge on any atom is 0.335 e. The lowest BCUT2D eigenvalue weighted by atomic mass is 10.0. The first kappa shape index (κ1) is 18.0. The second-order valence-corrected chi connectivity index (χ2v) is 8.70. The quantitative estimate of drug-likeness (QED) is 0.707. The molecule has 1 N–H and O–H groups in total. The summed E-state index contributed by atoms with van der Waals surface area (Å²) in [5.41, 5.74) is 3.13. The van der Waals surface area contributed by atoms with Gasteiger partial charge in [0, 0.05) is 35.6 Å². The number of amidine groups is 1. The molecular weight excluding hydrogens is 384 g/mol. The smallest absolute Gasteiger partial charge is 0.335 e. The zero-order valence-corrected chi connectivity index (χ0v) is 16.7. The number of aromatic carboxylic acids is 1.